The van der Waals surface area contributed by atoms with E-state index in [4.69, 9.17) is 9.15 Å². The Morgan fingerprint density at radius 2 is 1.81 bits per heavy atom. The van der Waals surface area contributed by atoms with E-state index in [0.29, 0.717) is 25.6 Å². The highest BCUT2D eigenvalue weighted by atomic mass is 127. The van der Waals surface area contributed by atoms with E-state index in [0.717, 1.165) is 22.3 Å². The Bertz CT molecular complexity index is 781. The van der Waals surface area contributed by atoms with Crippen LogP contribution in [0.4, 0.5) is 4.79 Å². The third-order valence-corrected chi connectivity index (χ3v) is 3.67. The molecule has 0 saturated carbocycles. The Hall–Kier alpha value is -1.97. The van der Waals surface area contributed by atoms with Gasteiger partial charge >= 0.3 is 6.09 Å². The zero-order valence-electron chi connectivity index (χ0n) is 16.5. The molecule has 3 N–H and O–H groups in total. The Morgan fingerprint density at radius 3 is 2.44 bits per heavy atom. The van der Waals surface area contributed by atoms with Crippen LogP contribution in [0, 0.1) is 6.92 Å². The minimum absolute atomic E-state index is 0. The van der Waals surface area contributed by atoms with Gasteiger partial charge in [0.05, 0.1) is 6.54 Å². The number of hydrogen-bond donors (Lipinski definition) is 3. The lowest BCUT2D eigenvalue weighted by atomic mass is 10.1. The minimum atomic E-state index is -0.500. The van der Waals surface area contributed by atoms with E-state index in [2.05, 4.69) is 20.9 Å². The summed E-state index contributed by atoms with van der Waals surface area (Å²) in [5.74, 6) is 1.51. The molecule has 0 bridgehead atoms. The third-order valence-electron chi connectivity index (χ3n) is 3.67. The van der Waals surface area contributed by atoms with Crippen molar-refractivity contribution in [1.29, 1.82) is 0 Å². The van der Waals surface area contributed by atoms with E-state index in [1.165, 1.54) is 0 Å². The smallest absolute Gasteiger partial charge is 0.407 e. The van der Waals surface area contributed by atoms with Crippen LogP contribution in [0.25, 0.3) is 11.0 Å². The van der Waals surface area contributed by atoms with Gasteiger partial charge in [-0.1, -0.05) is 18.2 Å². The number of carbonyl (C=O) groups excluding carboxylic acids is 1. The fraction of sp³-hybridized carbons (Fsp3) is 0.474. The lowest BCUT2D eigenvalue weighted by molar-refractivity contribution is 0.0529. The number of nitrogens with one attached hydrogen (secondary N) is 3. The molecule has 1 heterocycles. The number of alkyl carbamates (subject to hydrolysis) is 1. The maximum Gasteiger partial charge on any atom is 0.407 e. The number of benzene rings is 1. The molecule has 2 aromatic rings. The van der Waals surface area contributed by atoms with E-state index >= 15 is 0 Å². The average molecular weight is 488 g/mol. The maximum atomic E-state index is 11.6. The fourth-order valence-corrected chi connectivity index (χ4v) is 2.44. The second-order valence-electron chi connectivity index (χ2n) is 6.93. The van der Waals surface area contributed by atoms with Gasteiger partial charge in [-0.2, -0.15) is 0 Å². The first-order valence-corrected chi connectivity index (χ1v) is 8.68. The molecule has 27 heavy (non-hydrogen) atoms. The van der Waals surface area contributed by atoms with Crippen molar-refractivity contribution in [2.45, 2.75) is 39.8 Å². The number of rotatable bonds is 5. The number of ether oxygens (including phenoxy) is 1. The van der Waals surface area contributed by atoms with Gasteiger partial charge in [-0.15, -0.1) is 24.0 Å². The SMILES string of the molecule is CN=C(NCCNC(=O)OC(C)(C)C)NCc1oc2ccccc2c1C.I. The van der Waals surface area contributed by atoms with Gasteiger partial charge in [0, 0.05) is 31.1 Å². The quantitative estimate of drug-likeness (QED) is 0.259. The molecule has 0 aliphatic carbocycles. The lowest BCUT2D eigenvalue weighted by Crippen LogP contribution is -2.42. The van der Waals surface area contributed by atoms with Gasteiger partial charge < -0.3 is 25.1 Å². The lowest BCUT2D eigenvalue weighted by Gasteiger charge is -2.19. The predicted octanol–water partition coefficient (Wildman–Crippen LogP) is 3.55. The number of aliphatic imine (C=N–C) groups is 1. The first kappa shape index (κ1) is 23.1. The number of halogens is 1. The number of aryl methyl sites for hydroxylation is 1. The molecule has 7 nitrogen and oxygen atoms in total. The second-order valence-corrected chi connectivity index (χ2v) is 6.93. The topological polar surface area (TPSA) is 87.9 Å². The van der Waals surface area contributed by atoms with Crippen molar-refractivity contribution in [3.8, 4) is 0 Å². The van der Waals surface area contributed by atoms with Gasteiger partial charge in [-0.25, -0.2) is 4.79 Å². The summed E-state index contributed by atoms with van der Waals surface area (Å²) in [6.45, 7) is 9.02. The van der Waals surface area contributed by atoms with Gasteiger partial charge in [0.1, 0.15) is 16.9 Å². The number of hydrogen-bond acceptors (Lipinski definition) is 4. The second kappa shape index (κ2) is 10.4. The van der Waals surface area contributed by atoms with Crippen molar-refractivity contribution >= 4 is 47.0 Å². The number of fused-ring (bicyclic) bond motifs is 1. The van der Waals surface area contributed by atoms with Crippen molar-refractivity contribution < 1.29 is 13.9 Å². The number of carbonyl (C=O) groups is 1. The molecule has 8 heteroatoms. The Labute approximate surface area is 177 Å². The number of nitrogens with zero attached hydrogens (tertiary/aromatic N) is 1. The Balaban J connectivity index is 0.00000364. The minimum Gasteiger partial charge on any atom is -0.459 e. The molecular formula is C19H29IN4O3. The van der Waals surface area contributed by atoms with Crippen LogP contribution < -0.4 is 16.0 Å². The predicted molar refractivity (Wildman–Crippen MR) is 119 cm³/mol. The molecule has 0 radical (unpaired) electrons. The first-order valence-electron chi connectivity index (χ1n) is 8.68. The molecule has 150 valence electrons. The number of furan rings is 1. The highest BCUT2D eigenvalue weighted by Crippen LogP contribution is 2.24. The molecule has 0 unspecified atom stereocenters. The molecule has 0 saturated heterocycles. The molecule has 0 aliphatic heterocycles. The van der Waals surface area contributed by atoms with Gasteiger partial charge in [-0.05, 0) is 33.8 Å². The van der Waals surface area contributed by atoms with Crippen molar-refractivity contribution in [2.24, 2.45) is 4.99 Å². The summed E-state index contributed by atoms with van der Waals surface area (Å²) in [6.07, 6.45) is -0.430. The Kier molecular flexibility index (Phi) is 8.87. The molecule has 1 aromatic heterocycles. The van der Waals surface area contributed by atoms with E-state index < -0.39 is 11.7 Å². The van der Waals surface area contributed by atoms with Gasteiger partial charge in [-0.3, -0.25) is 4.99 Å². The summed E-state index contributed by atoms with van der Waals surface area (Å²) in [6, 6.07) is 7.97. The van der Waals surface area contributed by atoms with Crippen molar-refractivity contribution in [3.05, 3.63) is 35.6 Å². The maximum absolute atomic E-state index is 11.6. The van der Waals surface area contributed by atoms with Crippen LogP contribution in [0.3, 0.4) is 0 Å². The van der Waals surface area contributed by atoms with Crippen LogP contribution in [-0.4, -0.2) is 37.8 Å². The standard InChI is InChI=1S/C19H28N4O3.HI/c1-13-14-8-6-7-9-15(14)25-16(13)12-23-17(20-5)21-10-11-22-18(24)26-19(2,3)4;/h6-9H,10-12H2,1-5H3,(H,22,24)(H2,20,21,23);1H. The fourth-order valence-electron chi connectivity index (χ4n) is 2.44. The average Bonchev–Trinajstić information content (AvgIpc) is 2.89. The van der Waals surface area contributed by atoms with Crippen LogP contribution in [0.15, 0.2) is 33.7 Å². The summed E-state index contributed by atoms with van der Waals surface area (Å²) in [5, 5.41) is 10.2. The largest absolute Gasteiger partial charge is 0.459 e. The van der Waals surface area contributed by atoms with E-state index in [1.54, 1.807) is 7.05 Å². The van der Waals surface area contributed by atoms with Crippen LogP contribution in [0.2, 0.25) is 0 Å². The summed E-state index contributed by atoms with van der Waals surface area (Å²) < 4.78 is 11.1. The summed E-state index contributed by atoms with van der Waals surface area (Å²) in [5.41, 5.74) is 1.50. The van der Waals surface area contributed by atoms with E-state index in [9.17, 15) is 4.79 Å². The molecule has 2 rings (SSSR count). The normalized spacial score (nSPS) is 11.7. The highest BCUT2D eigenvalue weighted by Gasteiger charge is 2.15. The van der Waals surface area contributed by atoms with Crippen molar-refractivity contribution in [1.82, 2.24) is 16.0 Å². The molecule has 0 atom stereocenters. The highest BCUT2D eigenvalue weighted by molar-refractivity contribution is 14.0. The molecule has 0 aliphatic rings. The van der Waals surface area contributed by atoms with Gasteiger partial charge in [0.25, 0.3) is 0 Å². The zero-order chi connectivity index (χ0) is 19.2. The summed E-state index contributed by atoms with van der Waals surface area (Å²) >= 11 is 0. The van der Waals surface area contributed by atoms with Crippen molar-refractivity contribution in [3.63, 3.8) is 0 Å². The zero-order valence-corrected chi connectivity index (χ0v) is 18.8. The number of para-hydroxylation sites is 1. The molecular weight excluding hydrogens is 459 g/mol. The molecule has 0 spiro atoms. The summed E-state index contributed by atoms with van der Waals surface area (Å²) in [7, 11) is 1.70. The van der Waals surface area contributed by atoms with Crippen LogP contribution in [0.5, 0.6) is 0 Å². The van der Waals surface area contributed by atoms with Crippen molar-refractivity contribution in [2.75, 3.05) is 20.1 Å². The molecule has 1 amide bonds. The third kappa shape index (κ3) is 7.28. The number of amides is 1. The number of guanidine groups is 1. The first-order chi connectivity index (χ1) is 12.3. The van der Waals surface area contributed by atoms with Crippen LogP contribution in [-0.2, 0) is 11.3 Å². The van der Waals surface area contributed by atoms with E-state index in [-0.39, 0.29) is 24.0 Å². The van der Waals surface area contributed by atoms with Gasteiger partial charge in [0.15, 0.2) is 5.96 Å². The summed E-state index contributed by atoms with van der Waals surface area (Å²) in [4.78, 5) is 15.8. The monoisotopic (exact) mass is 488 g/mol. The van der Waals surface area contributed by atoms with Crippen LogP contribution >= 0.6 is 24.0 Å². The van der Waals surface area contributed by atoms with E-state index in [1.807, 2.05) is 52.0 Å². The molecule has 0 fully saturated rings. The Morgan fingerprint density at radius 1 is 1.15 bits per heavy atom. The van der Waals surface area contributed by atoms with Gasteiger partial charge in [0.2, 0.25) is 0 Å². The van der Waals surface area contributed by atoms with Crippen LogP contribution in [0.1, 0.15) is 32.1 Å². The molecule has 1 aromatic carbocycles.